The van der Waals surface area contributed by atoms with Gasteiger partial charge in [0.05, 0.1) is 5.56 Å². The summed E-state index contributed by atoms with van der Waals surface area (Å²) >= 11 is 1.42. The first kappa shape index (κ1) is 13.1. The molecule has 0 aliphatic carbocycles. The Morgan fingerprint density at radius 3 is 2.53 bits per heavy atom. The number of aryl methyl sites for hydroxylation is 1. The van der Waals surface area contributed by atoms with Crippen molar-refractivity contribution in [2.45, 2.75) is 6.92 Å². The van der Waals surface area contributed by atoms with Gasteiger partial charge in [0.1, 0.15) is 11.3 Å². The molecule has 1 aromatic carbocycles. The van der Waals surface area contributed by atoms with Crippen LogP contribution in [0.3, 0.4) is 0 Å². The number of phenols is 1. The van der Waals surface area contributed by atoms with Crippen LogP contribution in [0.15, 0.2) is 29.0 Å². The van der Waals surface area contributed by atoms with Gasteiger partial charge >= 0.3 is 5.97 Å². The van der Waals surface area contributed by atoms with Gasteiger partial charge in [-0.15, -0.1) is 0 Å². The van der Waals surface area contributed by atoms with Gasteiger partial charge in [-0.05, 0) is 36.1 Å². The van der Waals surface area contributed by atoms with E-state index >= 15 is 0 Å². The lowest BCUT2D eigenvalue weighted by molar-refractivity contribution is 0.0693. The Morgan fingerprint density at radius 2 is 1.95 bits per heavy atom. The first-order valence-electron chi connectivity index (χ1n) is 5.39. The van der Waals surface area contributed by atoms with Crippen molar-refractivity contribution >= 4 is 28.9 Å². The molecule has 0 spiro atoms. The van der Waals surface area contributed by atoms with Gasteiger partial charge in [-0.25, -0.2) is 4.79 Å². The van der Waals surface area contributed by atoms with Crippen LogP contribution in [0.1, 0.15) is 26.3 Å². The lowest BCUT2D eigenvalue weighted by Crippen LogP contribution is -2.12. The van der Waals surface area contributed by atoms with Crippen molar-refractivity contribution < 1.29 is 19.8 Å². The molecule has 19 heavy (non-hydrogen) atoms. The van der Waals surface area contributed by atoms with Gasteiger partial charge in [0.15, 0.2) is 0 Å². The fourth-order valence-electron chi connectivity index (χ4n) is 1.58. The number of hydrogen-bond donors (Lipinski definition) is 3. The molecule has 0 fully saturated rings. The summed E-state index contributed by atoms with van der Waals surface area (Å²) in [6.45, 7) is 1.82. The number of hydrogen-bond acceptors (Lipinski definition) is 4. The predicted octanol–water partition coefficient (Wildman–Crippen LogP) is 2.71. The number of nitrogens with one attached hydrogen (secondary N) is 1. The Hall–Kier alpha value is -2.34. The van der Waals surface area contributed by atoms with Crippen molar-refractivity contribution in [3.63, 3.8) is 0 Å². The van der Waals surface area contributed by atoms with Crippen molar-refractivity contribution in [2.24, 2.45) is 0 Å². The summed E-state index contributed by atoms with van der Waals surface area (Å²) in [5, 5.41) is 24.4. The minimum atomic E-state index is -1.25. The monoisotopic (exact) mass is 277 g/mol. The van der Waals surface area contributed by atoms with Gasteiger partial charge in [-0.1, -0.05) is 0 Å². The Balaban J connectivity index is 2.25. The molecule has 0 atom stereocenters. The largest absolute Gasteiger partial charge is 0.507 e. The van der Waals surface area contributed by atoms with E-state index in [2.05, 4.69) is 5.32 Å². The van der Waals surface area contributed by atoms with Crippen LogP contribution in [0.4, 0.5) is 5.69 Å². The first-order chi connectivity index (χ1) is 8.99. The molecule has 98 valence electrons. The zero-order valence-electron chi connectivity index (χ0n) is 10.0. The fourth-order valence-corrected chi connectivity index (χ4v) is 2.40. The van der Waals surface area contributed by atoms with Crippen molar-refractivity contribution in [1.29, 1.82) is 0 Å². The van der Waals surface area contributed by atoms with Crippen LogP contribution in [0.5, 0.6) is 5.75 Å². The molecule has 0 aliphatic heterocycles. The summed E-state index contributed by atoms with van der Waals surface area (Å²) in [6.07, 6.45) is 0. The third kappa shape index (κ3) is 2.74. The molecule has 0 aliphatic rings. The van der Waals surface area contributed by atoms with Crippen LogP contribution >= 0.6 is 11.3 Å². The zero-order valence-corrected chi connectivity index (χ0v) is 10.8. The summed E-state index contributed by atoms with van der Waals surface area (Å²) in [5.74, 6) is -1.89. The third-order valence-corrected chi connectivity index (χ3v) is 3.45. The maximum absolute atomic E-state index is 11.9. The second-order valence-corrected chi connectivity index (χ2v) is 4.70. The van der Waals surface area contributed by atoms with Gasteiger partial charge < -0.3 is 15.5 Å². The highest BCUT2D eigenvalue weighted by atomic mass is 32.1. The number of rotatable bonds is 3. The van der Waals surface area contributed by atoms with E-state index in [-0.39, 0.29) is 17.2 Å². The number of carboxylic acids is 1. The third-order valence-electron chi connectivity index (χ3n) is 2.59. The lowest BCUT2D eigenvalue weighted by atomic mass is 10.1. The number of amides is 1. The molecule has 0 radical (unpaired) electrons. The molecular formula is C13H11NO4S. The number of benzene rings is 1. The van der Waals surface area contributed by atoms with Gasteiger partial charge in [0.2, 0.25) is 0 Å². The van der Waals surface area contributed by atoms with E-state index in [1.807, 2.05) is 12.3 Å². The molecule has 6 heteroatoms. The SMILES string of the molecule is Cc1cscc1C(=O)Nc1ccc(O)c(C(=O)O)c1. The van der Waals surface area contributed by atoms with Crippen molar-refractivity contribution in [3.8, 4) is 5.75 Å². The molecule has 1 amide bonds. The van der Waals surface area contributed by atoms with E-state index in [9.17, 15) is 14.7 Å². The lowest BCUT2D eigenvalue weighted by Gasteiger charge is -2.07. The van der Waals surface area contributed by atoms with E-state index in [0.717, 1.165) is 5.56 Å². The highest BCUT2D eigenvalue weighted by Gasteiger charge is 2.13. The number of carboxylic acid groups (broad SMARTS) is 1. The van der Waals surface area contributed by atoms with Crippen LogP contribution < -0.4 is 5.32 Å². The van der Waals surface area contributed by atoms with E-state index < -0.39 is 5.97 Å². The molecule has 0 bridgehead atoms. The molecule has 2 aromatic rings. The van der Waals surface area contributed by atoms with Gasteiger partial charge in [0.25, 0.3) is 5.91 Å². The average Bonchev–Trinajstić information content (AvgIpc) is 2.77. The van der Waals surface area contributed by atoms with Crippen molar-refractivity contribution in [3.05, 3.63) is 45.6 Å². The van der Waals surface area contributed by atoms with Gasteiger partial charge in [-0.2, -0.15) is 11.3 Å². The normalized spacial score (nSPS) is 10.2. The first-order valence-corrected chi connectivity index (χ1v) is 6.34. The Morgan fingerprint density at radius 1 is 1.21 bits per heavy atom. The van der Waals surface area contributed by atoms with Gasteiger partial charge in [-0.3, -0.25) is 4.79 Å². The molecule has 1 aromatic heterocycles. The Bertz CT molecular complexity index is 648. The summed E-state index contributed by atoms with van der Waals surface area (Å²) in [4.78, 5) is 22.8. The number of carbonyl (C=O) groups excluding carboxylic acids is 1. The van der Waals surface area contributed by atoms with Crippen LogP contribution in [0, 0.1) is 6.92 Å². The highest BCUT2D eigenvalue weighted by Crippen LogP contribution is 2.22. The van der Waals surface area contributed by atoms with E-state index in [1.54, 1.807) is 5.38 Å². The van der Waals surface area contributed by atoms with Crippen LogP contribution in [-0.4, -0.2) is 22.1 Å². The zero-order chi connectivity index (χ0) is 14.0. The van der Waals surface area contributed by atoms with Crippen molar-refractivity contribution in [2.75, 3.05) is 5.32 Å². The highest BCUT2D eigenvalue weighted by molar-refractivity contribution is 7.08. The topological polar surface area (TPSA) is 86.6 Å². The Labute approximate surface area is 113 Å². The molecular weight excluding hydrogens is 266 g/mol. The van der Waals surface area contributed by atoms with Crippen LogP contribution in [0.25, 0.3) is 0 Å². The fraction of sp³-hybridized carbons (Fsp3) is 0.0769. The number of aromatic carboxylic acids is 1. The summed E-state index contributed by atoms with van der Waals surface area (Å²) in [6, 6.07) is 3.90. The predicted molar refractivity (Wildman–Crippen MR) is 72.1 cm³/mol. The maximum atomic E-state index is 11.9. The number of thiophene rings is 1. The van der Waals surface area contributed by atoms with Crippen LogP contribution in [0.2, 0.25) is 0 Å². The molecule has 2 rings (SSSR count). The minimum Gasteiger partial charge on any atom is -0.507 e. The Kier molecular flexibility index (Phi) is 3.52. The number of aromatic hydroxyl groups is 1. The molecule has 0 saturated carbocycles. The average molecular weight is 277 g/mol. The van der Waals surface area contributed by atoms with Crippen LogP contribution in [-0.2, 0) is 0 Å². The molecule has 0 saturated heterocycles. The smallest absolute Gasteiger partial charge is 0.339 e. The molecule has 5 nitrogen and oxygen atoms in total. The summed E-state index contributed by atoms with van der Waals surface area (Å²) < 4.78 is 0. The summed E-state index contributed by atoms with van der Waals surface area (Å²) in [7, 11) is 0. The van der Waals surface area contributed by atoms with Crippen molar-refractivity contribution in [1.82, 2.24) is 0 Å². The van der Waals surface area contributed by atoms with E-state index in [1.165, 1.54) is 29.5 Å². The number of anilines is 1. The summed E-state index contributed by atoms with van der Waals surface area (Å²) in [5.41, 5.74) is 1.49. The van der Waals surface area contributed by atoms with E-state index in [4.69, 9.17) is 5.11 Å². The van der Waals surface area contributed by atoms with E-state index in [0.29, 0.717) is 11.3 Å². The molecule has 0 unspecified atom stereocenters. The maximum Gasteiger partial charge on any atom is 0.339 e. The standard InChI is InChI=1S/C13H11NO4S/c1-7-5-19-6-10(7)12(16)14-8-2-3-11(15)9(4-8)13(17)18/h2-6,15H,1H3,(H,14,16)(H,17,18). The second kappa shape index (κ2) is 5.11. The minimum absolute atomic E-state index is 0.250. The quantitative estimate of drug-likeness (QED) is 0.753. The molecule has 1 heterocycles. The molecule has 3 N–H and O–H groups in total. The number of carbonyl (C=O) groups is 2. The van der Waals surface area contributed by atoms with Gasteiger partial charge in [0, 0.05) is 11.1 Å². The second-order valence-electron chi connectivity index (χ2n) is 3.96.